The summed E-state index contributed by atoms with van der Waals surface area (Å²) in [6.07, 6.45) is 2.80. The first kappa shape index (κ1) is 20.8. The minimum absolute atomic E-state index is 0.407. The molecule has 0 aliphatic carbocycles. The molecule has 0 spiro atoms. The van der Waals surface area contributed by atoms with Crippen molar-refractivity contribution in [3.05, 3.63) is 54.1 Å². The Morgan fingerprint density at radius 2 is 1.75 bits per heavy atom. The van der Waals surface area contributed by atoms with Crippen molar-refractivity contribution in [2.24, 2.45) is 0 Å². The number of para-hydroxylation sites is 2. The van der Waals surface area contributed by atoms with E-state index in [0.29, 0.717) is 29.5 Å². The third-order valence-corrected chi connectivity index (χ3v) is 3.63. The molecule has 2 rings (SSSR count). The fourth-order valence-electron chi connectivity index (χ4n) is 2.34. The van der Waals surface area contributed by atoms with Crippen molar-refractivity contribution < 1.29 is 28.5 Å². The Bertz CT molecular complexity index is 847. The van der Waals surface area contributed by atoms with Gasteiger partial charge in [0.25, 0.3) is 5.91 Å². The molecule has 0 aromatic heterocycles. The molecule has 0 unspecified atom stereocenters. The summed E-state index contributed by atoms with van der Waals surface area (Å²) in [6.45, 7) is 1.92. The third-order valence-electron chi connectivity index (χ3n) is 3.63. The zero-order chi connectivity index (χ0) is 20.4. The van der Waals surface area contributed by atoms with Crippen LogP contribution in [-0.4, -0.2) is 39.3 Å². The summed E-state index contributed by atoms with van der Waals surface area (Å²) in [7, 11) is 3.07. The molecule has 0 bridgehead atoms. The van der Waals surface area contributed by atoms with Crippen LogP contribution in [0.2, 0.25) is 0 Å². The van der Waals surface area contributed by atoms with E-state index >= 15 is 0 Å². The molecule has 1 amide bonds. The lowest BCUT2D eigenvalue weighted by Gasteiger charge is -2.11. The molecule has 2 aromatic carbocycles. The number of nitrogens with one attached hydrogen (secondary N) is 1. The van der Waals surface area contributed by atoms with Gasteiger partial charge in [-0.05, 0) is 42.8 Å². The highest BCUT2D eigenvalue weighted by molar-refractivity contribution is 5.95. The number of hydrogen-bond acceptors (Lipinski definition) is 6. The summed E-state index contributed by atoms with van der Waals surface area (Å²) >= 11 is 0. The molecule has 1 N–H and O–H groups in total. The summed E-state index contributed by atoms with van der Waals surface area (Å²) < 4.78 is 20.8. The Hall–Kier alpha value is -3.48. The average Bonchev–Trinajstić information content (AvgIpc) is 2.72. The zero-order valence-electron chi connectivity index (χ0n) is 16.1. The van der Waals surface area contributed by atoms with Crippen molar-refractivity contribution in [1.29, 1.82) is 0 Å². The minimum atomic E-state index is -0.636. The second kappa shape index (κ2) is 10.6. The SMILES string of the molecule is CCOc1ccccc1NC(=O)COC(=O)/C=C/c1ccc(OC)c(OC)c1. The number of hydrogen-bond donors (Lipinski definition) is 1. The van der Waals surface area contributed by atoms with Crippen LogP contribution < -0.4 is 19.5 Å². The van der Waals surface area contributed by atoms with E-state index in [4.69, 9.17) is 18.9 Å². The van der Waals surface area contributed by atoms with Crippen LogP contribution in [0.4, 0.5) is 5.69 Å². The van der Waals surface area contributed by atoms with Crippen LogP contribution in [0.5, 0.6) is 17.2 Å². The second-order valence-electron chi connectivity index (χ2n) is 5.53. The van der Waals surface area contributed by atoms with E-state index in [1.165, 1.54) is 13.2 Å². The molecule has 0 atom stereocenters. The van der Waals surface area contributed by atoms with E-state index in [0.717, 1.165) is 5.56 Å². The highest BCUT2D eigenvalue weighted by atomic mass is 16.5. The number of amides is 1. The van der Waals surface area contributed by atoms with E-state index in [1.54, 1.807) is 55.7 Å². The molecule has 0 radical (unpaired) electrons. The predicted molar refractivity (Wildman–Crippen MR) is 106 cm³/mol. The van der Waals surface area contributed by atoms with Crippen molar-refractivity contribution in [2.45, 2.75) is 6.92 Å². The molecule has 0 aliphatic heterocycles. The van der Waals surface area contributed by atoms with Crippen LogP contribution in [-0.2, 0) is 14.3 Å². The Kier molecular flexibility index (Phi) is 7.90. The van der Waals surface area contributed by atoms with Crippen LogP contribution in [0, 0.1) is 0 Å². The maximum atomic E-state index is 12.0. The Balaban J connectivity index is 1.88. The van der Waals surface area contributed by atoms with Gasteiger partial charge in [0.05, 0.1) is 26.5 Å². The van der Waals surface area contributed by atoms with E-state index in [-0.39, 0.29) is 0 Å². The van der Waals surface area contributed by atoms with Crippen molar-refractivity contribution in [2.75, 3.05) is 32.8 Å². The average molecular weight is 385 g/mol. The zero-order valence-corrected chi connectivity index (χ0v) is 16.1. The first-order valence-corrected chi connectivity index (χ1v) is 8.66. The Labute approximate surface area is 163 Å². The lowest BCUT2D eigenvalue weighted by atomic mass is 10.2. The lowest BCUT2D eigenvalue weighted by Crippen LogP contribution is -2.20. The summed E-state index contributed by atoms with van der Waals surface area (Å²) in [5.41, 5.74) is 1.25. The molecular weight excluding hydrogens is 362 g/mol. The number of methoxy groups -OCH3 is 2. The van der Waals surface area contributed by atoms with Crippen LogP contribution in [0.3, 0.4) is 0 Å². The fourth-order valence-corrected chi connectivity index (χ4v) is 2.34. The van der Waals surface area contributed by atoms with Gasteiger partial charge in [-0.3, -0.25) is 4.79 Å². The predicted octanol–water partition coefficient (Wildman–Crippen LogP) is 3.30. The first-order valence-electron chi connectivity index (χ1n) is 8.66. The molecule has 2 aromatic rings. The van der Waals surface area contributed by atoms with Crippen molar-refractivity contribution in [1.82, 2.24) is 0 Å². The highest BCUT2D eigenvalue weighted by Gasteiger charge is 2.09. The molecule has 0 fully saturated rings. The van der Waals surface area contributed by atoms with E-state index in [2.05, 4.69) is 5.32 Å². The van der Waals surface area contributed by atoms with Gasteiger partial charge in [-0.2, -0.15) is 0 Å². The molecule has 148 valence electrons. The maximum absolute atomic E-state index is 12.0. The topological polar surface area (TPSA) is 83.1 Å². The van der Waals surface area contributed by atoms with Crippen LogP contribution >= 0.6 is 0 Å². The van der Waals surface area contributed by atoms with Gasteiger partial charge in [0, 0.05) is 6.08 Å². The van der Waals surface area contributed by atoms with Gasteiger partial charge in [0.15, 0.2) is 18.1 Å². The van der Waals surface area contributed by atoms with E-state index < -0.39 is 18.5 Å². The lowest BCUT2D eigenvalue weighted by molar-refractivity contribution is -0.142. The molecule has 0 heterocycles. The Morgan fingerprint density at radius 3 is 2.46 bits per heavy atom. The van der Waals surface area contributed by atoms with Gasteiger partial charge < -0.3 is 24.3 Å². The molecule has 0 saturated heterocycles. The summed E-state index contributed by atoms with van der Waals surface area (Å²) in [6, 6.07) is 12.3. The smallest absolute Gasteiger partial charge is 0.331 e. The fraction of sp³-hybridized carbons (Fsp3) is 0.238. The monoisotopic (exact) mass is 385 g/mol. The van der Waals surface area contributed by atoms with Gasteiger partial charge >= 0.3 is 5.97 Å². The molecule has 7 nitrogen and oxygen atoms in total. The largest absolute Gasteiger partial charge is 0.493 e. The van der Waals surface area contributed by atoms with Gasteiger partial charge in [0.2, 0.25) is 0 Å². The molecular formula is C21H23NO6. The number of benzene rings is 2. The number of rotatable bonds is 9. The number of ether oxygens (including phenoxy) is 4. The van der Waals surface area contributed by atoms with Crippen LogP contribution in [0.25, 0.3) is 6.08 Å². The molecule has 28 heavy (non-hydrogen) atoms. The summed E-state index contributed by atoms with van der Waals surface area (Å²) in [5.74, 6) is 0.595. The number of carbonyl (C=O) groups is 2. The van der Waals surface area contributed by atoms with Crippen molar-refractivity contribution in [3.63, 3.8) is 0 Å². The molecule has 7 heteroatoms. The normalized spacial score (nSPS) is 10.4. The number of carbonyl (C=O) groups excluding carboxylic acids is 2. The van der Waals surface area contributed by atoms with Crippen LogP contribution in [0.1, 0.15) is 12.5 Å². The summed E-state index contributed by atoms with van der Waals surface area (Å²) in [5, 5.41) is 2.66. The molecule has 0 aliphatic rings. The first-order chi connectivity index (χ1) is 13.6. The standard InChI is InChI=1S/C21H23NO6/c1-4-27-17-8-6-5-7-16(17)22-20(23)14-28-21(24)12-10-15-9-11-18(25-2)19(13-15)26-3/h5-13H,4,14H2,1-3H3,(H,22,23)/b12-10+. The quantitative estimate of drug-likeness (QED) is 0.527. The number of anilines is 1. The third kappa shape index (κ3) is 6.05. The van der Waals surface area contributed by atoms with Gasteiger partial charge in [-0.25, -0.2) is 4.79 Å². The van der Waals surface area contributed by atoms with Crippen molar-refractivity contribution in [3.8, 4) is 17.2 Å². The summed E-state index contributed by atoms with van der Waals surface area (Å²) in [4.78, 5) is 23.9. The second-order valence-corrected chi connectivity index (χ2v) is 5.53. The van der Waals surface area contributed by atoms with E-state index in [1.807, 2.05) is 6.92 Å². The van der Waals surface area contributed by atoms with Crippen molar-refractivity contribution >= 4 is 23.6 Å². The van der Waals surface area contributed by atoms with Crippen LogP contribution in [0.15, 0.2) is 48.5 Å². The molecule has 0 saturated carbocycles. The Morgan fingerprint density at radius 1 is 1.00 bits per heavy atom. The van der Waals surface area contributed by atoms with E-state index in [9.17, 15) is 9.59 Å². The highest BCUT2D eigenvalue weighted by Crippen LogP contribution is 2.28. The van der Waals surface area contributed by atoms with Gasteiger partial charge in [0.1, 0.15) is 5.75 Å². The maximum Gasteiger partial charge on any atom is 0.331 e. The van der Waals surface area contributed by atoms with Gasteiger partial charge in [-0.1, -0.05) is 18.2 Å². The number of esters is 1. The van der Waals surface area contributed by atoms with Gasteiger partial charge in [-0.15, -0.1) is 0 Å². The minimum Gasteiger partial charge on any atom is -0.493 e.